The van der Waals surface area contributed by atoms with Crippen LogP contribution in [-0.4, -0.2) is 47.6 Å². The Balaban J connectivity index is 2.24. The lowest BCUT2D eigenvalue weighted by molar-refractivity contribution is -0.127. The van der Waals surface area contributed by atoms with Crippen molar-refractivity contribution >= 4 is 11.8 Å². The maximum atomic E-state index is 12.6. The summed E-state index contributed by atoms with van der Waals surface area (Å²) in [6, 6.07) is 6.51. The van der Waals surface area contributed by atoms with Crippen LogP contribution in [0.4, 0.5) is 0 Å². The van der Waals surface area contributed by atoms with Gasteiger partial charge in [0.25, 0.3) is 5.91 Å². The highest BCUT2D eigenvalue weighted by Gasteiger charge is 2.31. The number of hydrogen-bond donors (Lipinski definition) is 2. The fraction of sp³-hybridized carbons (Fsp3) is 0.375. The number of amides is 2. The van der Waals surface area contributed by atoms with E-state index in [1.807, 2.05) is 6.92 Å². The third-order valence-electron chi connectivity index (χ3n) is 3.40. The van der Waals surface area contributed by atoms with Crippen LogP contribution in [0, 0.1) is 11.8 Å². The molecule has 0 aliphatic carbocycles. The fourth-order valence-corrected chi connectivity index (χ4v) is 2.40. The van der Waals surface area contributed by atoms with Crippen molar-refractivity contribution in [1.29, 1.82) is 0 Å². The number of aliphatic hydroxyl groups excluding tert-OH is 1. The number of benzene rings is 1. The topological polar surface area (TPSA) is 69.6 Å². The van der Waals surface area contributed by atoms with E-state index in [2.05, 4.69) is 17.2 Å². The average Bonchev–Trinajstić information content (AvgIpc) is 2.52. The average molecular weight is 286 g/mol. The Morgan fingerprint density at radius 2 is 2.33 bits per heavy atom. The molecule has 1 fully saturated rings. The zero-order valence-electron chi connectivity index (χ0n) is 11.9. The van der Waals surface area contributed by atoms with Gasteiger partial charge in [-0.1, -0.05) is 24.8 Å². The van der Waals surface area contributed by atoms with Gasteiger partial charge in [0, 0.05) is 24.2 Å². The summed E-state index contributed by atoms with van der Waals surface area (Å²) < 4.78 is 0. The molecule has 0 spiro atoms. The van der Waals surface area contributed by atoms with Crippen LogP contribution in [0.5, 0.6) is 0 Å². The second-order valence-electron chi connectivity index (χ2n) is 4.75. The Morgan fingerprint density at radius 1 is 1.52 bits per heavy atom. The molecule has 2 amide bonds. The number of piperazine rings is 1. The predicted molar refractivity (Wildman–Crippen MR) is 78.5 cm³/mol. The van der Waals surface area contributed by atoms with E-state index in [4.69, 9.17) is 5.11 Å². The normalized spacial score (nSPS) is 17.7. The summed E-state index contributed by atoms with van der Waals surface area (Å²) in [4.78, 5) is 26.0. The van der Waals surface area contributed by atoms with Crippen molar-refractivity contribution in [3.05, 3.63) is 35.4 Å². The van der Waals surface area contributed by atoms with Crippen LogP contribution in [0.2, 0.25) is 0 Å². The van der Waals surface area contributed by atoms with Gasteiger partial charge in [0.15, 0.2) is 0 Å². The van der Waals surface area contributed by atoms with Gasteiger partial charge in [0.2, 0.25) is 5.91 Å². The van der Waals surface area contributed by atoms with Gasteiger partial charge >= 0.3 is 0 Å². The molecule has 1 atom stereocenters. The molecule has 2 N–H and O–H groups in total. The summed E-state index contributed by atoms with van der Waals surface area (Å²) >= 11 is 0. The van der Waals surface area contributed by atoms with E-state index < -0.39 is 6.04 Å². The van der Waals surface area contributed by atoms with E-state index in [9.17, 15) is 9.59 Å². The van der Waals surface area contributed by atoms with Gasteiger partial charge in [-0.25, -0.2) is 0 Å². The molecule has 110 valence electrons. The van der Waals surface area contributed by atoms with Gasteiger partial charge in [-0.3, -0.25) is 9.59 Å². The number of nitrogens with one attached hydrogen (secondary N) is 1. The molecule has 1 aliphatic rings. The SMILES string of the molecule is CCC1C(=O)NCCN1C(=O)c1cccc(C#CCO)c1. The largest absolute Gasteiger partial charge is 0.384 e. The first kappa shape index (κ1) is 15.1. The minimum absolute atomic E-state index is 0.103. The van der Waals surface area contributed by atoms with Crippen LogP contribution in [0.15, 0.2) is 24.3 Å². The number of aliphatic hydroxyl groups is 1. The molecule has 5 heteroatoms. The molecule has 1 aliphatic heterocycles. The van der Waals surface area contributed by atoms with E-state index in [0.29, 0.717) is 30.6 Å². The lowest BCUT2D eigenvalue weighted by Crippen LogP contribution is -2.56. The van der Waals surface area contributed by atoms with Gasteiger partial charge in [-0.05, 0) is 24.6 Å². The Hall–Kier alpha value is -2.32. The van der Waals surface area contributed by atoms with E-state index in [1.165, 1.54) is 0 Å². The van der Waals surface area contributed by atoms with Gasteiger partial charge in [0.05, 0.1) is 0 Å². The van der Waals surface area contributed by atoms with Crippen LogP contribution in [0.1, 0.15) is 29.3 Å². The molecule has 1 aromatic carbocycles. The summed E-state index contributed by atoms with van der Waals surface area (Å²) in [5.41, 5.74) is 1.18. The van der Waals surface area contributed by atoms with Crippen LogP contribution in [0.25, 0.3) is 0 Å². The molecule has 0 bridgehead atoms. The molecule has 21 heavy (non-hydrogen) atoms. The molecule has 1 aromatic rings. The third kappa shape index (κ3) is 3.41. The first-order valence-electron chi connectivity index (χ1n) is 6.96. The molecule has 0 radical (unpaired) electrons. The summed E-state index contributed by atoms with van der Waals surface area (Å²) in [5.74, 6) is 5.06. The minimum atomic E-state index is -0.418. The molecule has 1 unspecified atom stereocenters. The smallest absolute Gasteiger partial charge is 0.254 e. The van der Waals surface area contributed by atoms with E-state index in [0.717, 1.165) is 0 Å². The minimum Gasteiger partial charge on any atom is -0.384 e. The van der Waals surface area contributed by atoms with Crippen LogP contribution in [0.3, 0.4) is 0 Å². The number of rotatable bonds is 2. The Morgan fingerprint density at radius 3 is 3.05 bits per heavy atom. The second kappa shape index (κ2) is 6.91. The van der Waals surface area contributed by atoms with Crippen molar-refractivity contribution in [3.63, 3.8) is 0 Å². The van der Waals surface area contributed by atoms with Gasteiger partial charge in [-0.15, -0.1) is 0 Å². The summed E-state index contributed by atoms with van der Waals surface area (Å²) in [6.07, 6.45) is 0.585. The summed E-state index contributed by atoms with van der Waals surface area (Å²) in [6.45, 7) is 2.65. The Bertz CT molecular complexity index is 601. The van der Waals surface area contributed by atoms with Gasteiger partial charge < -0.3 is 15.3 Å². The number of carbonyl (C=O) groups is 2. The van der Waals surface area contributed by atoms with Gasteiger partial charge in [0.1, 0.15) is 12.6 Å². The number of nitrogens with zero attached hydrogens (tertiary/aromatic N) is 1. The standard InChI is InChI=1S/C16H18N2O3/c1-2-14-15(20)17-8-9-18(14)16(21)13-7-3-5-12(11-13)6-4-10-19/h3,5,7,11,14,19H,2,8-10H2,1H3,(H,17,20). The maximum absolute atomic E-state index is 12.6. The lowest BCUT2D eigenvalue weighted by Gasteiger charge is -2.34. The van der Waals surface area contributed by atoms with Crippen LogP contribution < -0.4 is 5.32 Å². The monoisotopic (exact) mass is 286 g/mol. The van der Waals surface area contributed by atoms with Crippen molar-refractivity contribution in [3.8, 4) is 11.8 Å². The zero-order chi connectivity index (χ0) is 15.2. The molecule has 0 saturated carbocycles. The molecule has 2 rings (SSSR count). The maximum Gasteiger partial charge on any atom is 0.254 e. The first-order chi connectivity index (χ1) is 10.2. The van der Waals surface area contributed by atoms with Crippen LogP contribution >= 0.6 is 0 Å². The van der Waals surface area contributed by atoms with Crippen molar-refractivity contribution in [2.45, 2.75) is 19.4 Å². The summed E-state index contributed by atoms with van der Waals surface area (Å²) in [7, 11) is 0. The van der Waals surface area contributed by atoms with Crippen molar-refractivity contribution in [2.75, 3.05) is 19.7 Å². The fourth-order valence-electron chi connectivity index (χ4n) is 2.40. The third-order valence-corrected chi connectivity index (χ3v) is 3.40. The predicted octanol–water partition coefficient (Wildman–Crippen LogP) is 0.381. The van der Waals surface area contributed by atoms with Crippen LogP contribution in [-0.2, 0) is 4.79 Å². The second-order valence-corrected chi connectivity index (χ2v) is 4.75. The number of carbonyl (C=O) groups excluding carboxylic acids is 2. The van der Waals surface area contributed by atoms with Gasteiger partial charge in [-0.2, -0.15) is 0 Å². The molecule has 1 saturated heterocycles. The van der Waals surface area contributed by atoms with Crippen molar-refractivity contribution < 1.29 is 14.7 Å². The quantitative estimate of drug-likeness (QED) is 0.772. The molecule has 5 nitrogen and oxygen atoms in total. The first-order valence-corrected chi connectivity index (χ1v) is 6.96. The van der Waals surface area contributed by atoms with E-state index >= 15 is 0 Å². The molecular weight excluding hydrogens is 268 g/mol. The highest BCUT2D eigenvalue weighted by molar-refractivity contribution is 5.98. The zero-order valence-corrected chi connectivity index (χ0v) is 11.9. The summed E-state index contributed by atoms with van der Waals surface area (Å²) in [5, 5.41) is 11.5. The highest BCUT2D eigenvalue weighted by Crippen LogP contribution is 2.14. The highest BCUT2D eigenvalue weighted by atomic mass is 16.2. The van der Waals surface area contributed by atoms with E-state index in [-0.39, 0.29) is 18.4 Å². The molecule has 1 heterocycles. The number of hydrogen-bond acceptors (Lipinski definition) is 3. The molecule has 0 aromatic heterocycles. The Labute approximate surface area is 124 Å². The molecular formula is C16H18N2O3. The Kier molecular flexibility index (Phi) is 4.96. The van der Waals surface area contributed by atoms with E-state index in [1.54, 1.807) is 29.2 Å². The lowest BCUT2D eigenvalue weighted by atomic mass is 10.1. The van der Waals surface area contributed by atoms with Crippen molar-refractivity contribution in [2.24, 2.45) is 0 Å². The van der Waals surface area contributed by atoms with Crippen molar-refractivity contribution in [1.82, 2.24) is 10.2 Å².